The van der Waals surface area contributed by atoms with E-state index in [0.717, 1.165) is 32.2 Å². The normalized spacial score (nSPS) is 28.2. The summed E-state index contributed by atoms with van der Waals surface area (Å²) in [5.74, 6) is 1.35. The third-order valence-electron chi connectivity index (χ3n) is 10.6. The molecule has 9 rings (SSSR count). The second-order valence-electron chi connectivity index (χ2n) is 13.2. The Morgan fingerprint density at radius 1 is 1.15 bits per heavy atom. The molecular weight excluding hydrogens is 597 g/mol. The number of nitrogens with zero attached hydrogens (tertiary/aromatic N) is 5. The number of anilines is 1. The van der Waals surface area contributed by atoms with Gasteiger partial charge >= 0.3 is 6.01 Å². The highest BCUT2D eigenvalue weighted by Crippen LogP contribution is 2.45. The number of terminal acetylenes is 1. The minimum atomic E-state index is -0.927. The summed E-state index contributed by atoms with van der Waals surface area (Å²) in [5.41, 5.74) is -0.688. The highest BCUT2D eigenvalue weighted by molar-refractivity contribution is 6.04. The maximum Gasteiger partial charge on any atom is 0.319 e. The van der Waals surface area contributed by atoms with Crippen molar-refractivity contribution in [1.82, 2.24) is 25.2 Å². The number of alkyl halides is 1. The summed E-state index contributed by atoms with van der Waals surface area (Å²) in [6.07, 6.45) is 8.89. The van der Waals surface area contributed by atoms with Crippen LogP contribution in [0.3, 0.4) is 0 Å². The molecular formula is C34H31F3N6O3. The SMILES string of the molecule is C#Cc1c(F)ccc2cc(O)cc(-c3nc4c5c(nc(OC[C@@]67CCCN6C[C@@H](F)C7)nc5c3F)N3CC5CC[C@H](N5)[C@H]3CO4)c12. The Hall–Kier alpha value is -4.34. The van der Waals surface area contributed by atoms with Crippen LogP contribution in [0.15, 0.2) is 24.3 Å². The Balaban J connectivity index is 1.25. The summed E-state index contributed by atoms with van der Waals surface area (Å²) in [4.78, 5) is 18.4. The van der Waals surface area contributed by atoms with Gasteiger partial charge in [0.15, 0.2) is 5.82 Å². The second kappa shape index (κ2) is 10.1. The van der Waals surface area contributed by atoms with E-state index >= 15 is 4.39 Å². The molecule has 5 aliphatic rings. The van der Waals surface area contributed by atoms with E-state index in [2.05, 4.69) is 31.0 Å². The highest BCUT2D eigenvalue weighted by atomic mass is 19.1. The second-order valence-corrected chi connectivity index (χ2v) is 13.2. The zero-order chi connectivity index (χ0) is 31.3. The number of fused-ring (bicyclic) bond motifs is 7. The molecule has 5 atom stereocenters. The number of nitrogens with one attached hydrogen (secondary N) is 1. The molecule has 0 radical (unpaired) electrons. The monoisotopic (exact) mass is 628 g/mol. The smallest absolute Gasteiger partial charge is 0.319 e. The van der Waals surface area contributed by atoms with E-state index in [1.165, 1.54) is 24.3 Å². The third kappa shape index (κ3) is 4.07. The maximum absolute atomic E-state index is 17.0. The summed E-state index contributed by atoms with van der Waals surface area (Å²) in [7, 11) is 0. The van der Waals surface area contributed by atoms with Crippen LogP contribution < -0.4 is 19.7 Å². The number of rotatable bonds is 4. The Morgan fingerprint density at radius 3 is 2.91 bits per heavy atom. The largest absolute Gasteiger partial charge is 0.508 e. The van der Waals surface area contributed by atoms with Crippen LogP contribution in [0, 0.1) is 24.0 Å². The van der Waals surface area contributed by atoms with Gasteiger partial charge in [-0.15, -0.1) is 6.42 Å². The van der Waals surface area contributed by atoms with Gasteiger partial charge in [-0.25, -0.2) is 18.2 Å². The van der Waals surface area contributed by atoms with E-state index in [1.807, 2.05) is 0 Å². The molecule has 2 aromatic carbocycles. The van der Waals surface area contributed by atoms with Crippen LogP contribution in [0.5, 0.6) is 17.6 Å². The Morgan fingerprint density at radius 2 is 2.04 bits per heavy atom. The van der Waals surface area contributed by atoms with Crippen LogP contribution in [0.25, 0.3) is 32.9 Å². The lowest BCUT2D eigenvalue weighted by atomic mass is 9.95. The van der Waals surface area contributed by atoms with Gasteiger partial charge in [0, 0.05) is 42.5 Å². The number of benzene rings is 2. The molecule has 12 heteroatoms. The average Bonchev–Trinajstić information content (AvgIpc) is 3.68. The van der Waals surface area contributed by atoms with Crippen molar-refractivity contribution < 1.29 is 27.8 Å². The molecule has 4 aromatic rings. The number of aromatic nitrogens is 3. The van der Waals surface area contributed by atoms with Crippen molar-refractivity contribution in [2.75, 3.05) is 37.7 Å². The van der Waals surface area contributed by atoms with Crippen LogP contribution in [0.1, 0.15) is 37.7 Å². The fraction of sp³-hybridized carbons (Fsp3) is 0.441. The number of aromatic hydroxyl groups is 1. The molecule has 4 fully saturated rings. The Bertz CT molecular complexity index is 1990. The molecule has 2 aromatic heterocycles. The van der Waals surface area contributed by atoms with Gasteiger partial charge in [-0.3, -0.25) is 4.90 Å². The Labute approximate surface area is 262 Å². The molecule has 236 valence electrons. The summed E-state index contributed by atoms with van der Waals surface area (Å²) >= 11 is 0. The van der Waals surface area contributed by atoms with Gasteiger partial charge in [-0.2, -0.15) is 9.97 Å². The molecule has 0 saturated carbocycles. The van der Waals surface area contributed by atoms with Crippen molar-refractivity contribution in [3.05, 3.63) is 41.5 Å². The first kappa shape index (κ1) is 27.9. The number of hydrogen-bond donors (Lipinski definition) is 2. The first-order valence-electron chi connectivity index (χ1n) is 15.8. The zero-order valence-corrected chi connectivity index (χ0v) is 24.9. The molecule has 5 aliphatic heterocycles. The van der Waals surface area contributed by atoms with E-state index in [9.17, 15) is 13.9 Å². The molecule has 46 heavy (non-hydrogen) atoms. The number of halogens is 3. The number of ether oxygens (including phenoxy) is 2. The van der Waals surface area contributed by atoms with E-state index in [1.54, 1.807) is 0 Å². The van der Waals surface area contributed by atoms with Crippen LogP contribution in [0.4, 0.5) is 19.0 Å². The summed E-state index contributed by atoms with van der Waals surface area (Å²) < 4.78 is 59.1. The van der Waals surface area contributed by atoms with Crippen molar-refractivity contribution in [3.8, 4) is 41.2 Å². The van der Waals surface area contributed by atoms with Gasteiger partial charge < -0.3 is 24.8 Å². The molecule has 0 amide bonds. The lowest BCUT2D eigenvalue weighted by molar-refractivity contribution is 0.107. The standard InChI is InChI=1S/C34H31F3N6O3/c1-2-21-23(36)6-4-17-10-20(44)11-22(26(17)21)29-28(37)30-27-31(43-14-19-5-7-24(38-19)25(43)15-45-32(27)39-29)41-33(40-30)46-16-34-8-3-9-42(34)13-18(35)12-34/h1,4,6,10-11,18-19,24-25,38,44H,3,5,7-9,12-16H2/t18-,19?,24-,25+,34-/m0/s1. The molecule has 9 nitrogen and oxygen atoms in total. The number of phenols is 1. The zero-order valence-electron chi connectivity index (χ0n) is 24.9. The van der Waals surface area contributed by atoms with E-state index in [4.69, 9.17) is 20.9 Å². The van der Waals surface area contributed by atoms with Crippen molar-refractivity contribution in [2.45, 2.75) is 61.9 Å². The lowest BCUT2D eigenvalue weighted by Crippen LogP contribution is -2.60. The quantitative estimate of drug-likeness (QED) is 0.318. The summed E-state index contributed by atoms with van der Waals surface area (Å²) in [5, 5.41) is 15.3. The molecule has 2 N–H and O–H groups in total. The van der Waals surface area contributed by atoms with E-state index < -0.39 is 23.3 Å². The number of piperazine rings is 1. The van der Waals surface area contributed by atoms with Crippen LogP contribution in [-0.4, -0.2) is 87.6 Å². The van der Waals surface area contributed by atoms with E-state index in [0.29, 0.717) is 36.1 Å². The number of phenolic OH excluding ortho intramolecular Hbond substituents is 1. The Kier molecular flexibility index (Phi) is 6.12. The topological polar surface area (TPSA) is 95.9 Å². The minimum absolute atomic E-state index is 0.0179. The van der Waals surface area contributed by atoms with Crippen molar-refractivity contribution in [1.29, 1.82) is 0 Å². The van der Waals surface area contributed by atoms with Crippen LogP contribution in [-0.2, 0) is 0 Å². The van der Waals surface area contributed by atoms with E-state index in [-0.39, 0.29) is 76.7 Å². The predicted molar refractivity (Wildman–Crippen MR) is 165 cm³/mol. The predicted octanol–water partition coefficient (Wildman–Crippen LogP) is 4.47. The maximum atomic E-state index is 17.0. The number of hydrogen-bond acceptors (Lipinski definition) is 9. The first-order chi connectivity index (χ1) is 22.3. The molecule has 0 spiro atoms. The molecule has 7 heterocycles. The summed E-state index contributed by atoms with van der Waals surface area (Å²) in [6.45, 7) is 2.27. The van der Waals surface area contributed by atoms with Crippen molar-refractivity contribution in [2.24, 2.45) is 0 Å². The van der Waals surface area contributed by atoms with Crippen molar-refractivity contribution in [3.63, 3.8) is 0 Å². The fourth-order valence-corrected chi connectivity index (χ4v) is 8.56. The molecule has 0 aliphatic carbocycles. The lowest BCUT2D eigenvalue weighted by Gasteiger charge is -2.40. The van der Waals surface area contributed by atoms with Crippen LogP contribution in [0.2, 0.25) is 0 Å². The van der Waals surface area contributed by atoms with Gasteiger partial charge in [0.25, 0.3) is 0 Å². The van der Waals surface area contributed by atoms with Gasteiger partial charge in [0.1, 0.15) is 53.4 Å². The first-order valence-corrected chi connectivity index (χ1v) is 15.8. The molecule has 1 unspecified atom stereocenters. The highest BCUT2D eigenvalue weighted by Gasteiger charge is 2.50. The van der Waals surface area contributed by atoms with Gasteiger partial charge in [-0.1, -0.05) is 12.0 Å². The average molecular weight is 629 g/mol. The van der Waals surface area contributed by atoms with Crippen molar-refractivity contribution >= 4 is 27.5 Å². The van der Waals surface area contributed by atoms with Gasteiger partial charge in [-0.05, 0) is 55.8 Å². The van der Waals surface area contributed by atoms with Gasteiger partial charge in [0.05, 0.1) is 17.1 Å². The molecule has 2 bridgehead atoms. The number of pyridine rings is 1. The minimum Gasteiger partial charge on any atom is -0.508 e. The summed E-state index contributed by atoms with van der Waals surface area (Å²) in [6, 6.07) is 5.72. The fourth-order valence-electron chi connectivity index (χ4n) is 8.56. The van der Waals surface area contributed by atoms with Gasteiger partial charge in [0.2, 0.25) is 5.88 Å². The molecule has 4 saturated heterocycles. The van der Waals surface area contributed by atoms with Crippen LogP contribution >= 0.6 is 0 Å². The third-order valence-corrected chi connectivity index (χ3v) is 10.6.